The number of ether oxygens (including phenoxy) is 3. The van der Waals surface area contributed by atoms with Crippen molar-refractivity contribution in [3.63, 3.8) is 0 Å². The number of carbonyl (C=O) groups excluding carboxylic acids is 1. The third-order valence-corrected chi connectivity index (χ3v) is 3.27. The van der Waals surface area contributed by atoms with Gasteiger partial charge in [-0.15, -0.1) is 0 Å². The van der Waals surface area contributed by atoms with Crippen LogP contribution in [0, 0.1) is 0 Å². The van der Waals surface area contributed by atoms with Crippen LogP contribution < -0.4 is 14.8 Å². The lowest BCUT2D eigenvalue weighted by Crippen LogP contribution is -2.35. The van der Waals surface area contributed by atoms with Gasteiger partial charge < -0.3 is 24.6 Å². The van der Waals surface area contributed by atoms with E-state index >= 15 is 0 Å². The predicted molar refractivity (Wildman–Crippen MR) is 76.6 cm³/mol. The smallest absolute Gasteiger partial charge is 0.307 e. The molecule has 0 saturated heterocycles. The van der Waals surface area contributed by atoms with Crippen LogP contribution in [0.3, 0.4) is 0 Å². The molecule has 0 saturated carbocycles. The number of methoxy groups -OCH3 is 1. The molecule has 116 valence electrons. The second kappa shape index (κ2) is 7.85. The summed E-state index contributed by atoms with van der Waals surface area (Å²) in [5.41, 5.74) is 1.04. The van der Waals surface area contributed by atoms with Crippen molar-refractivity contribution in [1.29, 1.82) is 0 Å². The molecule has 2 N–H and O–H groups in total. The number of fused-ring (bicyclic) bond motifs is 1. The molecule has 0 spiro atoms. The van der Waals surface area contributed by atoms with Gasteiger partial charge in [-0.05, 0) is 24.1 Å². The molecular weight excluding hydrogens is 274 g/mol. The first-order valence-electron chi connectivity index (χ1n) is 7.02. The largest absolute Gasteiger partial charge is 0.486 e. The van der Waals surface area contributed by atoms with Gasteiger partial charge in [0, 0.05) is 12.6 Å². The van der Waals surface area contributed by atoms with E-state index < -0.39 is 0 Å². The quantitative estimate of drug-likeness (QED) is 0.714. The topological polar surface area (TPSA) is 77.0 Å². The second-order valence-corrected chi connectivity index (χ2v) is 4.84. The summed E-state index contributed by atoms with van der Waals surface area (Å²) in [5, 5.41) is 12.1. The third-order valence-electron chi connectivity index (χ3n) is 3.27. The third kappa shape index (κ3) is 4.61. The Bertz CT molecular complexity index is 477. The van der Waals surface area contributed by atoms with Crippen LogP contribution in [0.2, 0.25) is 0 Å². The van der Waals surface area contributed by atoms with Crippen molar-refractivity contribution in [1.82, 2.24) is 5.32 Å². The maximum Gasteiger partial charge on any atom is 0.307 e. The molecule has 1 aliphatic rings. The van der Waals surface area contributed by atoms with E-state index in [9.17, 15) is 4.79 Å². The summed E-state index contributed by atoms with van der Waals surface area (Å²) in [5.74, 6) is 1.21. The number of nitrogens with one attached hydrogen (secondary N) is 1. The van der Waals surface area contributed by atoms with Gasteiger partial charge in [0.2, 0.25) is 0 Å². The van der Waals surface area contributed by atoms with Crippen molar-refractivity contribution in [2.75, 3.05) is 33.5 Å². The summed E-state index contributed by atoms with van der Waals surface area (Å²) >= 11 is 0. The molecule has 6 nitrogen and oxygen atoms in total. The van der Waals surface area contributed by atoms with Crippen molar-refractivity contribution in [2.24, 2.45) is 0 Å². The van der Waals surface area contributed by atoms with Gasteiger partial charge >= 0.3 is 5.97 Å². The first kappa shape index (κ1) is 15.6. The Labute approximate surface area is 124 Å². The maximum absolute atomic E-state index is 11.4. The number of hydrogen-bond donors (Lipinski definition) is 2. The molecule has 21 heavy (non-hydrogen) atoms. The zero-order valence-corrected chi connectivity index (χ0v) is 12.1. The van der Waals surface area contributed by atoms with Crippen molar-refractivity contribution >= 4 is 5.97 Å². The highest BCUT2D eigenvalue weighted by Gasteiger charge is 2.17. The Balaban J connectivity index is 2.02. The molecule has 1 aromatic rings. The molecule has 6 heteroatoms. The first-order valence-corrected chi connectivity index (χ1v) is 7.02. The van der Waals surface area contributed by atoms with E-state index in [1.807, 2.05) is 18.2 Å². The molecule has 1 aliphatic heterocycles. The fourth-order valence-electron chi connectivity index (χ4n) is 2.27. The zero-order valence-electron chi connectivity index (χ0n) is 12.1. The lowest BCUT2D eigenvalue weighted by Gasteiger charge is -2.21. The van der Waals surface area contributed by atoms with Crippen LogP contribution in [0.4, 0.5) is 0 Å². The molecule has 1 unspecified atom stereocenters. The van der Waals surface area contributed by atoms with Gasteiger partial charge in [0.1, 0.15) is 13.2 Å². The van der Waals surface area contributed by atoms with Gasteiger partial charge in [0.15, 0.2) is 11.5 Å². The highest BCUT2D eigenvalue weighted by molar-refractivity contribution is 5.70. The van der Waals surface area contributed by atoms with Gasteiger partial charge in [-0.1, -0.05) is 6.07 Å². The highest BCUT2D eigenvalue weighted by Crippen LogP contribution is 2.31. The number of carbonyl (C=O) groups is 1. The van der Waals surface area contributed by atoms with Crippen LogP contribution >= 0.6 is 0 Å². The average molecular weight is 295 g/mol. The van der Waals surface area contributed by atoms with Crippen LogP contribution in [-0.2, 0) is 16.0 Å². The fraction of sp³-hybridized carbons (Fsp3) is 0.533. The van der Waals surface area contributed by atoms with E-state index in [2.05, 4.69) is 5.32 Å². The summed E-state index contributed by atoms with van der Waals surface area (Å²) in [6, 6.07) is 5.68. The zero-order chi connectivity index (χ0) is 15.1. The van der Waals surface area contributed by atoms with Gasteiger partial charge in [0.05, 0.1) is 20.1 Å². The van der Waals surface area contributed by atoms with Gasteiger partial charge in [0.25, 0.3) is 0 Å². The molecule has 1 aromatic carbocycles. The monoisotopic (exact) mass is 295 g/mol. The molecule has 0 bridgehead atoms. The minimum atomic E-state index is -0.275. The molecule has 0 fully saturated rings. The van der Waals surface area contributed by atoms with E-state index in [4.69, 9.17) is 19.3 Å². The molecule has 0 aromatic heterocycles. The van der Waals surface area contributed by atoms with E-state index in [-0.39, 0.29) is 25.0 Å². The Morgan fingerprint density at radius 2 is 2.14 bits per heavy atom. The van der Waals surface area contributed by atoms with E-state index in [1.54, 1.807) is 0 Å². The normalized spacial score (nSPS) is 14.6. The molecule has 0 radical (unpaired) electrons. The summed E-state index contributed by atoms with van der Waals surface area (Å²) in [6.07, 6.45) is 0.899. The minimum Gasteiger partial charge on any atom is -0.486 e. The van der Waals surface area contributed by atoms with Crippen molar-refractivity contribution in [2.45, 2.75) is 18.9 Å². The van der Waals surface area contributed by atoms with Gasteiger partial charge in [-0.3, -0.25) is 4.79 Å². The van der Waals surface area contributed by atoms with Crippen molar-refractivity contribution in [3.8, 4) is 11.5 Å². The molecule has 1 atom stereocenters. The van der Waals surface area contributed by atoms with Gasteiger partial charge in [-0.2, -0.15) is 0 Å². The highest BCUT2D eigenvalue weighted by atomic mass is 16.6. The van der Waals surface area contributed by atoms with E-state index in [0.717, 1.165) is 17.1 Å². The Morgan fingerprint density at radius 3 is 2.86 bits per heavy atom. The predicted octanol–water partition coefficient (Wildman–Crippen LogP) is 0.514. The number of aliphatic hydroxyl groups is 1. The molecule has 0 amide bonds. The van der Waals surface area contributed by atoms with E-state index in [0.29, 0.717) is 26.2 Å². The number of benzene rings is 1. The molecular formula is C15H21NO5. The Kier molecular flexibility index (Phi) is 5.83. The number of esters is 1. The number of aliphatic hydroxyl groups excluding tert-OH is 1. The van der Waals surface area contributed by atoms with E-state index in [1.165, 1.54) is 7.11 Å². The fourth-order valence-corrected chi connectivity index (χ4v) is 2.27. The summed E-state index contributed by atoms with van der Waals surface area (Å²) in [7, 11) is 1.37. The van der Waals surface area contributed by atoms with Crippen molar-refractivity contribution in [3.05, 3.63) is 23.8 Å². The second-order valence-electron chi connectivity index (χ2n) is 4.84. The average Bonchev–Trinajstić information content (AvgIpc) is 2.52. The Hall–Kier alpha value is -1.79. The summed E-state index contributed by atoms with van der Waals surface area (Å²) in [4.78, 5) is 11.4. The molecule has 2 rings (SSSR count). The molecule has 0 aliphatic carbocycles. The van der Waals surface area contributed by atoms with Gasteiger partial charge in [-0.25, -0.2) is 0 Å². The SMILES string of the molecule is COC(=O)CC(Cc1ccc2c(c1)OCCO2)NCCO. The number of rotatable bonds is 7. The number of hydrogen-bond acceptors (Lipinski definition) is 6. The summed E-state index contributed by atoms with van der Waals surface area (Å²) in [6.45, 7) is 1.57. The minimum absolute atomic E-state index is 0.0266. The standard InChI is InChI=1S/C15H21NO5/c1-19-15(18)10-12(16-4-5-17)8-11-2-3-13-14(9-11)21-7-6-20-13/h2-3,9,12,16-17H,4-8,10H2,1H3. The Morgan fingerprint density at radius 1 is 1.38 bits per heavy atom. The maximum atomic E-state index is 11.4. The lowest BCUT2D eigenvalue weighted by molar-refractivity contribution is -0.141. The van der Waals surface area contributed by atoms with Crippen LogP contribution in [0.5, 0.6) is 11.5 Å². The first-order chi connectivity index (χ1) is 10.2. The molecule has 1 heterocycles. The lowest BCUT2D eigenvalue weighted by atomic mass is 10.0. The van der Waals surface area contributed by atoms with Crippen LogP contribution in [0.25, 0.3) is 0 Å². The van der Waals surface area contributed by atoms with Crippen LogP contribution in [-0.4, -0.2) is 50.6 Å². The van der Waals surface area contributed by atoms with Crippen LogP contribution in [0.1, 0.15) is 12.0 Å². The summed E-state index contributed by atoms with van der Waals surface area (Å²) < 4.78 is 15.7. The van der Waals surface area contributed by atoms with Crippen molar-refractivity contribution < 1.29 is 24.1 Å². The van der Waals surface area contributed by atoms with Crippen LogP contribution in [0.15, 0.2) is 18.2 Å².